The molecule has 3 rings (SSSR count). The lowest BCUT2D eigenvalue weighted by molar-refractivity contribution is 0.395. The summed E-state index contributed by atoms with van der Waals surface area (Å²) < 4.78 is 6.27. The van der Waals surface area contributed by atoms with E-state index in [1.165, 1.54) is 22.0 Å². The molecule has 1 aromatic carbocycles. The molecule has 0 N–H and O–H groups in total. The molecule has 3 nitrogen and oxygen atoms in total. The van der Waals surface area contributed by atoms with Gasteiger partial charge < -0.3 is 4.74 Å². The number of aromatic nitrogens is 2. The lowest BCUT2D eigenvalue weighted by Gasteiger charge is -2.22. The zero-order valence-corrected chi connectivity index (χ0v) is 14.2. The number of methoxy groups -OCH3 is 1. The number of benzene rings is 1. The zero-order valence-electron chi connectivity index (χ0n) is 12.6. The van der Waals surface area contributed by atoms with E-state index in [1.807, 2.05) is 0 Å². The summed E-state index contributed by atoms with van der Waals surface area (Å²) in [5.74, 6) is 1.26. The molecule has 1 unspecified atom stereocenters. The summed E-state index contributed by atoms with van der Waals surface area (Å²) >= 11 is 3.64. The van der Waals surface area contributed by atoms with Gasteiger partial charge in [0.2, 0.25) is 5.88 Å². The highest BCUT2D eigenvalue weighted by atomic mass is 79.9. The van der Waals surface area contributed by atoms with Gasteiger partial charge in [0.1, 0.15) is 0 Å². The Balaban J connectivity index is 1.65. The van der Waals surface area contributed by atoms with Crippen molar-refractivity contribution in [3.63, 3.8) is 0 Å². The maximum atomic E-state index is 5.05. The third kappa shape index (κ3) is 3.55. The van der Waals surface area contributed by atoms with Crippen LogP contribution in [0.2, 0.25) is 0 Å². The molecule has 2 aromatic rings. The first-order chi connectivity index (χ1) is 10.8. The van der Waals surface area contributed by atoms with E-state index in [4.69, 9.17) is 4.74 Å². The Morgan fingerprint density at radius 3 is 2.73 bits per heavy atom. The average Bonchev–Trinajstić information content (AvgIpc) is 2.58. The van der Waals surface area contributed by atoms with Gasteiger partial charge in [0.25, 0.3) is 0 Å². The van der Waals surface area contributed by atoms with Gasteiger partial charge in [-0.05, 0) is 48.8 Å². The van der Waals surface area contributed by atoms with Gasteiger partial charge in [0.05, 0.1) is 25.2 Å². The van der Waals surface area contributed by atoms with Crippen LogP contribution in [0.5, 0.6) is 5.88 Å². The first-order valence-corrected chi connectivity index (χ1v) is 8.34. The van der Waals surface area contributed by atoms with Crippen LogP contribution in [0.15, 0.2) is 47.2 Å². The van der Waals surface area contributed by atoms with Crippen molar-refractivity contribution in [2.45, 2.75) is 25.7 Å². The molecule has 1 heterocycles. The highest BCUT2D eigenvalue weighted by molar-refractivity contribution is 9.10. The minimum atomic E-state index is 0.562. The van der Waals surface area contributed by atoms with Crippen molar-refractivity contribution < 1.29 is 4.74 Å². The number of rotatable bonds is 4. The smallest absolute Gasteiger partial charge is 0.232 e. The van der Waals surface area contributed by atoms with E-state index >= 15 is 0 Å². The quantitative estimate of drug-likeness (QED) is 0.796. The molecule has 1 aliphatic rings. The fourth-order valence-corrected chi connectivity index (χ4v) is 3.32. The molecule has 0 spiro atoms. The van der Waals surface area contributed by atoms with Crippen molar-refractivity contribution in [2.24, 2.45) is 5.92 Å². The Kier molecular flexibility index (Phi) is 4.88. The molecule has 1 aromatic heterocycles. The van der Waals surface area contributed by atoms with Gasteiger partial charge in [-0.3, -0.25) is 0 Å². The van der Waals surface area contributed by atoms with Crippen LogP contribution >= 0.6 is 15.9 Å². The number of halogens is 1. The minimum absolute atomic E-state index is 0.562. The first-order valence-electron chi connectivity index (χ1n) is 7.55. The number of hydrogen-bond acceptors (Lipinski definition) is 3. The predicted molar refractivity (Wildman–Crippen MR) is 91.7 cm³/mol. The molecule has 0 saturated carbocycles. The minimum Gasteiger partial charge on any atom is -0.480 e. The second-order valence-electron chi connectivity index (χ2n) is 5.61. The second kappa shape index (κ2) is 7.05. The SMILES string of the molecule is COc1cnc(C2=CCC(Cc3ccccc3Br)CC2)cn1. The monoisotopic (exact) mass is 358 g/mol. The molecule has 0 amide bonds. The molecule has 114 valence electrons. The highest BCUT2D eigenvalue weighted by Gasteiger charge is 2.17. The van der Waals surface area contributed by atoms with Crippen LogP contribution in [0.3, 0.4) is 0 Å². The Morgan fingerprint density at radius 2 is 2.09 bits per heavy atom. The van der Waals surface area contributed by atoms with E-state index in [9.17, 15) is 0 Å². The first kappa shape index (κ1) is 15.2. The van der Waals surface area contributed by atoms with Crippen molar-refractivity contribution in [2.75, 3.05) is 7.11 Å². The fourth-order valence-electron chi connectivity index (χ4n) is 2.87. The Labute approximate surface area is 139 Å². The molecule has 0 radical (unpaired) electrons. The third-order valence-corrected chi connectivity index (χ3v) is 4.93. The molecule has 0 saturated heterocycles. The van der Waals surface area contributed by atoms with E-state index < -0.39 is 0 Å². The third-order valence-electron chi connectivity index (χ3n) is 4.15. The van der Waals surface area contributed by atoms with Crippen molar-refractivity contribution in [1.82, 2.24) is 9.97 Å². The number of nitrogens with zero attached hydrogens (tertiary/aromatic N) is 2. The van der Waals surface area contributed by atoms with Crippen molar-refractivity contribution in [3.05, 3.63) is 58.5 Å². The van der Waals surface area contributed by atoms with Gasteiger partial charge >= 0.3 is 0 Å². The largest absolute Gasteiger partial charge is 0.480 e. The molecule has 22 heavy (non-hydrogen) atoms. The van der Waals surface area contributed by atoms with Gasteiger partial charge in [-0.1, -0.05) is 40.2 Å². The summed E-state index contributed by atoms with van der Waals surface area (Å²) in [4.78, 5) is 8.67. The topological polar surface area (TPSA) is 35.0 Å². The molecule has 0 aliphatic heterocycles. The molecule has 4 heteroatoms. The molecule has 1 atom stereocenters. The van der Waals surface area contributed by atoms with E-state index in [2.05, 4.69) is 56.2 Å². The van der Waals surface area contributed by atoms with Gasteiger partial charge in [-0.2, -0.15) is 0 Å². The molecule has 1 aliphatic carbocycles. The van der Waals surface area contributed by atoms with E-state index in [0.717, 1.165) is 25.0 Å². The van der Waals surface area contributed by atoms with Crippen molar-refractivity contribution in [1.29, 1.82) is 0 Å². The molecule has 0 bridgehead atoms. The van der Waals surface area contributed by atoms with E-state index in [-0.39, 0.29) is 0 Å². The summed E-state index contributed by atoms with van der Waals surface area (Å²) in [6.07, 6.45) is 10.3. The number of ether oxygens (including phenoxy) is 1. The standard InChI is InChI=1S/C18H19BrN2O/c1-22-18-12-20-17(11-21-18)14-8-6-13(7-9-14)10-15-4-2-3-5-16(15)19/h2-5,8,11-13H,6-7,9-10H2,1H3. The lowest BCUT2D eigenvalue weighted by Crippen LogP contribution is -2.09. The normalized spacial score (nSPS) is 17.9. The maximum absolute atomic E-state index is 5.05. The molecular formula is C18H19BrN2O. The van der Waals surface area contributed by atoms with Crippen LogP contribution in [-0.4, -0.2) is 17.1 Å². The summed E-state index contributed by atoms with van der Waals surface area (Å²) in [6.45, 7) is 0. The summed E-state index contributed by atoms with van der Waals surface area (Å²) in [7, 11) is 1.61. The van der Waals surface area contributed by atoms with E-state index in [0.29, 0.717) is 11.8 Å². The van der Waals surface area contributed by atoms with Crippen LogP contribution in [0, 0.1) is 5.92 Å². The summed E-state index contributed by atoms with van der Waals surface area (Å²) in [6, 6.07) is 8.50. The average molecular weight is 359 g/mol. The van der Waals surface area contributed by atoms with Gasteiger partial charge in [0.15, 0.2) is 0 Å². The Morgan fingerprint density at radius 1 is 1.23 bits per heavy atom. The van der Waals surface area contributed by atoms with Gasteiger partial charge in [0, 0.05) is 4.47 Å². The molecular weight excluding hydrogens is 340 g/mol. The van der Waals surface area contributed by atoms with Crippen LogP contribution < -0.4 is 4.74 Å². The van der Waals surface area contributed by atoms with Crippen LogP contribution in [-0.2, 0) is 6.42 Å². The highest BCUT2D eigenvalue weighted by Crippen LogP contribution is 2.32. The van der Waals surface area contributed by atoms with Gasteiger partial charge in [-0.15, -0.1) is 0 Å². The van der Waals surface area contributed by atoms with Gasteiger partial charge in [-0.25, -0.2) is 9.97 Å². The van der Waals surface area contributed by atoms with Crippen molar-refractivity contribution in [3.8, 4) is 5.88 Å². The fraction of sp³-hybridized carbons (Fsp3) is 0.333. The number of hydrogen-bond donors (Lipinski definition) is 0. The van der Waals surface area contributed by atoms with E-state index in [1.54, 1.807) is 19.5 Å². The second-order valence-corrected chi connectivity index (χ2v) is 6.46. The zero-order chi connectivity index (χ0) is 15.4. The van der Waals surface area contributed by atoms with Crippen LogP contribution in [0.1, 0.15) is 30.5 Å². The Hall–Kier alpha value is -1.68. The summed E-state index contributed by atoms with van der Waals surface area (Å²) in [5.41, 5.74) is 3.67. The lowest BCUT2D eigenvalue weighted by atomic mass is 9.84. The van der Waals surface area contributed by atoms with Crippen molar-refractivity contribution >= 4 is 21.5 Å². The van der Waals surface area contributed by atoms with Crippen LogP contribution in [0.4, 0.5) is 0 Å². The number of allylic oxidation sites excluding steroid dienone is 2. The predicted octanol–water partition coefficient (Wildman–Crippen LogP) is 4.67. The Bertz CT molecular complexity index is 667. The summed E-state index contributed by atoms with van der Waals surface area (Å²) in [5, 5.41) is 0. The molecule has 0 fully saturated rings. The maximum Gasteiger partial charge on any atom is 0.232 e. The van der Waals surface area contributed by atoms with Crippen LogP contribution in [0.25, 0.3) is 5.57 Å².